The summed E-state index contributed by atoms with van der Waals surface area (Å²) < 4.78 is 34.3. The van der Waals surface area contributed by atoms with Crippen molar-refractivity contribution in [3.8, 4) is 17.4 Å². The summed E-state index contributed by atoms with van der Waals surface area (Å²) in [6, 6.07) is 1.40. The van der Waals surface area contributed by atoms with Crippen molar-refractivity contribution >= 4 is 22.8 Å². The molecule has 0 N–H and O–H groups in total. The lowest BCUT2D eigenvalue weighted by Gasteiger charge is -2.41. The fraction of sp³-hybridized carbons (Fsp3) is 0.519. The van der Waals surface area contributed by atoms with Crippen molar-refractivity contribution in [2.45, 2.75) is 59.1 Å². The minimum atomic E-state index is -0.801. The molecule has 0 bridgehead atoms. The fourth-order valence-electron chi connectivity index (χ4n) is 5.10. The van der Waals surface area contributed by atoms with Crippen LogP contribution in [0.15, 0.2) is 17.1 Å². The van der Waals surface area contributed by atoms with Crippen molar-refractivity contribution in [1.29, 1.82) is 0 Å². The minimum Gasteiger partial charge on any atom is -0.479 e. The van der Waals surface area contributed by atoms with Gasteiger partial charge < -0.3 is 24.0 Å². The van der Waals surface area contributed by atoms with Crippen molar-refractivity contribution in [2.75, 3.05) is 38.3 Å². The molecule has 11 nitrogen and oxygen atoms in total. The highest BCUT2D eigenvalue weighted by Crippen LogP contribution is 2.40. The van der Waals surface area contributed by atoms with Gasteiger partial charge in [-0.15, -0.1) is 0 Å². The van der Waals surface area contributed by atoms with E-state index in [-0.39, 0.29) is 53.6 Å². The second-order valence-electron chi connectivity index (χ2n) is 11.1. The highest BCUT2D eigenvalue weighted by molar-refractivity contribution is 5.96. The van der Waals surface area contributed by atoms with Crippen LogP contribution in [-0.4, -0.2) is 75.5 Å². The third-order valence-corrected chi connectivity index (χ3v) is 6.83. The summed E-state index contributed by atoms with van der Waals surface area (Å²) in [6.07, 6.45) is 1.23. The molecule has 39 heavy (non-hydrogen) atoms. The van der Waals surface area contributed by atoms with E-state index in [1.165, 1.54) is 11.7 Å². The minimum absolute atomic E-state index is 0.0416. The Labute approximate surface area is 225 Å². The van der Waals surface area contributed by atoms with Crippen LogP contribution in [0.2, 0.25) is 0 Å². The molecule has 1 unspecified atom stereocenters. The van der Waals surface area contributed by atoms with Gasteiger partial charge in [-0.2, -0.15) is 14.4 Å². The zero-order valence-electron chi connectivity index (χ0n) is 23.2. The molecule has 1 fully saturated rings. The SMILES string of the molecule is COc1nc2c3c(nc(=O)n(-c4c(C)ccnc4C(C)C)c3c1F)N1CCN(C(=O)OC(C)(C)C)CC1CO2. The Morgan fingerprint density at radius 3 is 2.64 bits per heavy atom. The fourth-order valence-corrected chi connectivity index (χ4v) is 5.10. The molecular formula is C27H33FN6O5. The maximum absolute atomic E-state index is 16.1. The second-order valence-corrected chi connectivity index (χ2v) is 11.1. The van der Waals surface area contributed by atoms with Crippen molar-refractivity contribution < 1.29 is 23.4 Å². The number of aromatic nitrogens is 4. The third kappa shape index (κ3) is 4.61. The van der Waals surface area contributed by atoms with Crippen LogP contribution in [0.1, 0.15) is 51.8 Å². The molecule has 0 saturated carbocycles. The second kappa shape index (κ2) is 9.65. The van der Waals surface area contributed by atoms with Crippen molar-refractivity contribution in [2.24, 2.45) is 0 Å². The number of anilines is 1. The molecule has 5 heterocycles. The number of hydrogen-bond acceptors (Lipinski definition) is 9. The van der Waals surface area contributed by atoms with E-state index in [0.717, 1.165) is 5.56 Å². The van der Waals surface area contributed by atoms with E-state index < -0.39 is 23.2 Å². The number of carbonyl (C=O) groups excluding carboxylic acids is 1. The summed E-state index contributed by atoms with van der Waals surface area (Å²) >= 11 is 0. The number of fused-ring (bicyclic) bond motifs is 2. The largest absolute Gasteiger partial charge is 0.479 e. The molecular weight excluding hydrogens is 507 g/mol. The van der Waals surface area contributed by atoms with Crippen LogP contribution in [-0.2, 0) is 4.74 Å². The number of methoxy groups -OCH3 is 1. The van der Waals surface area contributed by atoms with Gasteiger partial charge in [0.25, 0.3) is 5.88 Å². The molecule has 208 valence electrons. The van der Waals surface area contributed by atoms with Crippen molar-refractivity contribution in [3.63, 3.8) is 0 Å². The van der Waals surface area contributed by atoms with Crippen molar-refractivity contribution in [1.82, 2.24) is 24.4 Å². The number of amides is 1. The van der Waals surface area contributed by atoms with Crippen LogP contribution >= 0.6 is 0 Å². The topological polar surface area (TPSA) is 112 Å². The molecule has 1 saturated heterocycles. The predicted octanol–water partition coefficient (Wildman–Crippen LogP) is 3.57. The van der Waals surface area contributed by atoms with Gasteiger partial charge in [-0.05, 0) is 45.2 Å². The Morgan fingerprint density at radius 2 is 1.97 bits per heavy atom. The molecule has 5 rings (SSSR count). The number of pyridine rings is 2. The van der Waals surface area contributed by atoms with Gasteiger partial charge in [0.1, 0.15) is 28.9 Å². The van der Waals surface area contributed by atoms with Crippen LogP contribution in [0.25, 0.3) is 16.6 Å². The first kappa shape index (κ1) is 26.6. The van der Waals surface area contributed by atoms with Gasteiger partial charge in [-0.1, -0.05) is 13.8 Å². The van der Waals surface area contributed by atoms with Crippen LogP contribution in [0.4, 0.5) is 15.0 Å². The van der Waals surface area contributed by atoms with Crippen molar-refractivity contribution in [3.05, 3.63) is 39.8 Å². The van der Waals surface area contributed by atoms with Gasteiger partial charge in [0.15, 0.2) is 0 Å². The van der Waals surface area contributed by atoms with Crippen LogP contribution < -0.4 is 20.1 Å². The maximum atomic E-state index is 16.1. The normalized spacial score (nSPS) is 17.1. The Bertz CT molecular complexity index is 1520. The number of piperazine rings is 1. The summed E-state index contributed by atoms with van der Waals surface area (Å²) in [4.78, 5) is 43.3. The first-order valence-electron chi connectivity index (χ1n) is 12.9. The number of nitrogens with zero attached hydrogens (tertiary/aromatic N) is 6. The van der Waals surface area contributed by atoms with E-state index in [1.807, 2.05) is 46.4 Å². The average Bonchev–Trinajstić information content (AvgIpc) is 3.01. The Kier molecular flexibility index (Phi) is 6.59. The summed E-state index contributed by atoms with van der Waals surface area (Å²) in [6.45, 7) is 12.3. The monoisotopic (exact) mass is 540 g/mol. The molecule has 1 atom stereocenters. The van der Waals surface area contributed by atoms with Gasteiger partial charge in [-0.25, -0.2) is 9.59 Å². The molecule has 2 aliphatic rings. The number of aryl methyl sites for hydroxylation is 1. The zero-order valence-corrected chi connectivity index (χ0v) is 23.2. The van der Waals surface area contributed by atoms with Gasteiger partial charge >= 0.3 is 11.8 Å². The molecule has 0 radical (unpaired) electrons. The molecule has 2 aliphatic heterocycles. The molecule has 0 aliphatic carbocycles. The average molecular weight is 541 g/mol. The van der Waals surface area contributed by atoms with Crippen LogP contribution in [0, 0.1) is 12.7 Å². The number of halogens is 1. The van der Waals surface area contributed by atoms with Crippen LogP contribution in [0.5, 0.6) is 11.8 Å². The number of hydrogen-bond donors (Lipinski definition) is 0. The molecule has 12 heteroatoms. The van der Waals surface area contributed by atoms with Crippen LogP contribution in [0.3, 0.4) is 0 Å². The lowest BCUT2D eigenvalue weighted by molar-refractivity contribution is 0.0201. The number of carbonyl (C=O) groups is 1. The highest BCUT2D eigenvalue weighted by Gasteiger charge is 2.38. The first-order valence-corrected chi connectivity index (χ1v) is 12.9. The van der Waals surface area contributed by atoms with Gasteiger partial charge in [-0.3, -0.25) is 9.55 Å². The van der Waals surface area contributed by atoms with E-state index in [0.29, 0.717) is 24.5 Å². The maximum Gasteiger partial charge on any atom is 0.410 e. The molecule has 3 aromatic rings. The lowest BCUT2D eigenvalue weighted by atomic mass is 10.0. The smallest absolute Gasteiger partial charge is 0.410 e. The summed E-state index contributed by atoms with van der Waals surface area (Å²) in [5.41, 5.74) is 0.487. The quantitative estimate of drug-likeness (QED) is 0.492. The molecule has 3 aromatic heterocycles. The van der Waals surface area contributed by atoms with E-state index in [1.54, 1.807) is 17.2 Å². The summed E-state index contributed by atoms with van der Waals surface area (Å²) in [5.74, 6) is -0.792. The summed E-state index contributed by atoms with van der Waals surface area (Å²) in [5, 5.41) is 0.263. The first-order chi connectivity index (χ1) is 18.4. The molecule has 0 spiro atoms. The van der Waals surface area contributed by atoms with Gasteiger partial charge in [0.05, 0.1) is 24.5 Å². The third-order valence-electron chi connectivity index (χ3n) is 6.83. The zero-order chi connectivity index (χ0) is 28.2. The Hall–Kier alpha value is -3.96. The highest BCUT2D eigenvalue weighted by atomic mass is 19.1. The Morgan fingerprint density at radius 1 is 1.23 bits per heavy atom. The lowest BCUT2D eigenvalue weighted by Crippen LogP contribution is -2.57. The number of rotatable bonds is 3. The van der Waals surface area contributed by atoms with E-state index >= 15 is 4.39 Å². The molecule has 1 amide bonds. The number of ether oxygens (including phenoxy) is 3. The van der Waals surface area contributed by atoms with E-state index in [2.05, 4.69) is 15.0 Å². The van der Waals surface area contributed by atoms with Gasteiger partial charge in [0, 0.05) is 25.8 Å². The standard InChI is InChI=1S/C27H33FN6O5/c1-14(2)19-20(15(3)8-9-29-19)34-21-17-22(30-25(34)35)33-11-10-32(26(36)39-27(4,5)6)12-16(33)13-38-23(17)31-24(37-7)18(21)28/h8-9,14,16H,10-13H2,1-7H3. The summed E-state index contributed by atoms with van der Waals surface area (Å²) in [7, 11) is 1.31. The van der Waals surface area contributed by atoms with Gasteiger partial charge in [0.2, 0.25) is 11.7 Å². The van der Waals surface area contributed by atoms with E-state index in [9.17, 15) is 9.59 Å². The molecule has 0 aromatic carbocycles. The van der Waals surface area contributed by atoms with E-state index in [4.69, 9.17) is 14.2 Å². The Balaban J connectivity index is 1.71. The predicted molar refractivity (Wildman–Crippen MR) is 143 cm³/mol.